The van der Waals surface area contributed by atoms with E-state index in [2.05, 4.69) is 24.3 Å². The van der Waals surface area contributed by atoms with Gasteiger partial charge in [-0.05, 0) is 62.1 Å². The molecule has 0 heterocycles. The van der Waals surface area contributed by atoms with Crippen LogP contribution in [0.2, 0.25) is 0 Å². The van der Waals surface area contributed by atoms with E-state index in [9.17, 15) is 0 Å². The molecule has 0 radical (unpaired) electrons. The third-order valence-electron chi connectivity index (χ3n) is 4.11. The van der Waals surface area contributed by atoms with Gasteiger partial charge in [-0.2, -0.15) is 0 Å². The van der Waals surface area contributed by atoms with E-state index in [-0.39, 0.29) is 0 Å². The Morgan fingerprint density at radius 3 is 2.41 bits per heavy atom. The number of hydrogen-bond acceptors (Lipinski definition) is 1. The van der Waals surface area contributed by atoms with E-state index in [0.717, 1.165) is 11.7 Å². The second-order valence-electron chi connectivity index (χ2n) is 5.27. The molecule has 90 valence electrons. The van der Waals surface area contributed by atoms with E-state index in [4.69, 9.17) is 4.74 Å². The molecule has 0 bridgehead atoms. The van der Waals surface area contributed by atoms with Crippen LogP contribution in [-0.4, -0.2) is 7.11 Å². The minimum absolute atomic E-state index is 0.748. The van der Waals surface area contributed by atoms with Gasteiger partial charge in [-0.3, -0.25) is 0 Å². The second kappa shape index (κ2) is 4.56. The van der Waals surface area contributed by atoms with E-state index >= 15 is 0 Å². The molecule has 0 aliphatic heterocycles. The Balaban J connectivity index is 1.76. The normalized spacial score (nSPS) is 23.7. The van der Waals surface area contributed by atoms with Gasteiger partial charge in [0.05, 0.1) is 7.11 Å². The van der Waals surface area contributed by atoms with Crippen LogP contribution in [0.5, 0.6) is 5.75 Å². The molecule has 1 unspecified atom stereocenters. The van der Waals surface area contributed by atoms with Crippen molar-refractivity contribution in [3.8, 4) is 5.75 Å². The maximum Gasteiger partial charge on any atom is 0.118 e. The van der Waals surface area contributed by atoms with Crippen LogP contribution in [0.25, 0.3) is 0 Å². The molecule has 2 aliphatic rings. The van der Waals surface area contributed by atoms with Gasteiger partial charge in [-0.1, -0.05) is 23.3 Å². The van der Waals surface area contributed by atoms with Crippen LogP contribution in [0.3, 0.4) is 0 Å². The van der Waals surface area contributed by atoms with E-state index in [1.165, 1.54) is 44.1 Å². The maximum atomic E-state index is 5.22. The second-order valence-corrected chi connectivity index (χ2v) is 5.27. The summed E-state index contributed by atoms with van der Waals surface area (Å²) in [5.41, 5.74) is 5.03. The van der Waals surface area contributed by atoms with Crippen LogP contribution in [0, 0.1) is 0 Å². The SMILES string of the molecule is COc1ccc(C2CCCC(=C3CC3)C2)cc1. The lowest BCUT2D eigenvalue weighted by atomic mass is 9.81. The Kier molecular flexibility index (Phi) is 2.92. The van der Waals surface area contributed by atoms with Crippen molar-refractivity contribution in [3.63, 3.8) is 0 Å². The Morgan fingerprint density at radius 1 is 1.00 bits per heavy atom. The maximum absolute atomic E-state index is 5.22. The molecule has 1 heteroatoms. The van der Waals surface area contributed by atoms with E-state index in [1.54, 1.807) is 18.3 Å². The average Bonchev–Trinajstić information content (AvgIpc) is 3.23. The van der Waals surface area contributed by atoms with Gasteiger partial charge >= 0.3 is 0 Å². The van der Waals surface area contributed by atoms with Crippen LogP contribution >= 0.6 is 0 Å². The highest BCUT2D eigenvalue weighted by Crippen LogP contribution is 2.43. The molecule has 0 N–H and O–H groups in total. The zero-order valence-electron chi connectivity index (χ0n) is 10.5. The highest BCUT2D eigenvalue weighted by Gasteiger charge is 2.24. The number of benzene rings is 1. The van der Waals surface area contributed by atoms with Gasteiger partial charge in [0, 0.05) is 0 Å². The molecule has 2 fully saturated rings. The van der Waals surface area contributed by atoms with Crippen molar-refractivity contribution in [2.24, 2.45) is 0 Å². The monoisotopic (exact) mass is 228 g/mol. The summed E-state index contributed by atoms with van der Waals surface area (Å²) in [6.45, 7) is 0. The van der Waals surface area contributed by atoms with Crippen LogP contribution in [0.1, 0.15) is 50.0 Å². The van der Waals surface area contributed by atoms with Crippen molar-refractivity contribution in [1.29, 1.82) is 0 Å². The molecule has 3 rings (SSSR count). The highest BCUT2D eigenvalue weighted by molar-refractivity contribution is 5.33. The minimum atomic E-state index is 0.748. The van der Waals surface area contributed by atoms with Gasteiger partial charge in [0.25, 0.3) is 0 Å². The fraction of sp³-hybridized carbons (Fsp3) is 0.500. The molecule has 1 aromatic rings. The Morgan fingerprint density at radius 2 is 1.76 bits per heavy atom. The van der Waals surface area contributed by atoms with Gasteiger partial charge < -0.3 is 4.74 Å². The van der Waals surface area contributed by atoms with Crippen molar-refractivity contribution < 1.29 is 4.74 Å². The molecule has 2 saturated carbocycles. The third kappa shape index (κ3) is 2.38. The number of methoxy groups -OCH3 is 1. The summed E-state index contributed by atoms with van der Waals surface area (Å²) in [6.07, 6.45) is 8.15. The van der Waals surface area contributed by atoms with E-state index < -0.39 is 0 Å². The first kappa shape index (κ1) is 10.9. The lowest BCUT2D eigenvalue weighted by Gasteiger charge is -2.24. The summed E-state index contributed by atoms with van der Waals surface area (Å²) in [6, 6.07) is 8.66. The molecule has 0 aromatic heterocycles. The number of hydrogen-bond donors (Lipinski definition) is 0. The smallest absolute Gasteiger partial charge is 0.118 e. The van der Waals surface area contributed by atoms with Gasteiger partial charge in [0.1, 0.15) is 5.75 Å². The number of rotatable bonds is 2. The quantitative estimate of drug-likeness (QED) is 0.680. The molecule has 2 aliphatic carbocycles. The highest BCUT2D eigenvalue weighted by atomic mass is 16.5. The summed E-state index contributed by atoms with van der Waals surface area (Å²) in [5.74, 6) is 1.71. The zero-order chi connectivity index (χ0) is 11.7. The summed E-state index contributed by atoms with van der Waals surface area (Å²) >= 11 is 0. The topological polar surface area (TPSA) is 9.23 Å². The fourth-order valence-electron chi connectivity index (χ4n) is 2.96. The van der Waals surface area contributed by atoms with Crippen LogP contribution in [0.4, 0.5) is 0 Å². The Labute approximate surface area is 103 Å². The molecule has 17 heavy (non-hydrogen) atoms. The fourth-order valence-corrected chi connectivity index (χ4v) is 2.96. The van der Waals surface area contributed by atoms with Crippen LogP contribution in [-0.2, 0) is 0 Å². The van der Waals surface area contributed by atoms with E-state index in [1.807, 2.05) is 0 Å². The number of allylic oxidation sites excluding steroid dienone is 2. The molecule has 1 nitrogen and oxygen atoms in total. The Hall–Kier alpha value is -1.24. The predicted molar refractivity (Wildman–Crippen MR) is 70.5 cm³/mol. The average molecular weight is 228 g/mol. The first-order chi connectivity index (χ1) is 8.36. The third-order valence-corrected chi connectivity index (χ3v) is 4.11. The number of ether oxygens (including phenoxy) is 1. The molecule has 0 spiro atoms. The van der Waals surface area contributed by atoms with Crippen molar-refractivity contribution in [1.82, 2.24) is 0 Å². The lowest BCUT2D eigenvalue weighted by Crippen LogP contribution is -2.07. The van der Waals surface area contributed by atoms with Crippen molar-refractivity contribution >= 4 is 0 Å². The first-order valence-corrected chi connectivity index (χ1v) is 6.70. The van der Waals surface area contributed by atoms with Crippen molar-refractivity contribution in [2.45, 2.75) is 44.4 Å². The molecule has 1 aromatic carbocycles. The van der Waals surface area contributed by atoms with Gasteiger partial charge in [-0.15, -0.1) is 0 Å². The molecule has 0 saturated heterocycles. The van der Waals surface area contributed by atoms with Crippen molar-refractivity contribution in [3.05, 3.63) is 41.0 Å². The molecule has 1 atom stereocenters. The van der Waals surface area contributed by atoms with Crippen molar-refractivity contribution in [2.75, 3.05) is 7.11 Å². The van der Waals surface area contributed by atoms with Crippen LogP contribution in [0.15, 0.2) is 35.4 Å². The summed E-state index contributed by atoms with van der Waals surface area (Å²) < 4.78 is 5.22. The summed E-state index contributed by atoms with van der Waals surface area (Å²) in [5, 5.41) is 0. The molecular weight excluding hydrogens is 208 g/mol. The lowest BCUT2D eigenvalue weighted by molar-refractivity contribution is 0.414. The summed E-state index contributed by atoms with van der Waals surface area (Å²) in [4.78, 5) is 0. The first-order valence-electron chi connectivity index (χ1n) is 6.70. The molecule has 0 amide bonds. The van der Waals surface area contributed by atoms with E-state index in [0.29, 0.717) is 0 Å². The largest absolute Gasteiger partial charge is 0.497 e. The van der Waals surface area contributed by atoms with Gasteiger partial charge in [0.15, 0.2) is 0 Å². The van der Waals surface area contributed by atoms with Gasteiger partial charge in [-0.25, -0.2) is 0 Å². The minimum Gasteiger partial charge on any atom is -0.497 e. The van der Waals surface area contributed by atoms with Gasteiger partial charge in [0.2, 0.25) is 0 Å². The summed E-state index contributed by atoms with van der Waals surface area (Å²) in [7, 11) is 1.73. The predicted octanol–water partition coefficient (Wildman–Crippen LogP) is 4.44. The van der Waals surface area contributed by atoms with Crippen LogP contribution < -0.4 is 4.74 Å². The zero-order valence-corrected chi connectivity index (χ0v) is 10.5. The standard InChI is InChI=1S/C16H20O/c1-17-16-9-7-13(8-10-16)15-4-2-3-14(11-15)12-5-6-12/h7-10,15H,2-6,11H2,1H3. The molecular formula is C16H20O. The Bertz CT molecular complexity index is 421.